The van der Waals surface area contributed by atoms with E-state index in [1.54, 1.807) is 19.1 Å². The van der Waals surface area contributed by atoms with Gasteiger partial charge in [0.05, 0.1) is 0 Å². The number of hydrogen-bond donors (Lipinski definition) is 2. The summed E-state index contributed by atoms with van der Waals surface area (Å²) in [6.07, 6.45) is 1.81. The minimum Gasteiger partial charge on any atom is -0.338 e. The number of nitrogens with one attached hydrogen (secondary N) is 2. The maximum absolute atomic E-state index is 13.7. The zero-order valence-electron chi connectivity index (χ0n) is 11.9. The third-order valence-corrected chi connectivity index (χ3v) is 3.60. The average molecular weight is 356 g/mol. The van der Waals surface area contributed by atoms with Crippen LogP contribution in [-0.2, 0) is 0 Å². The molecule has 0 unspecified atom stereocenters. The van der Waals surface area contributed by atoms with E-state index in [0.29, 0.717) is 17.7 Å². The Kier molecular flexibility index (Phi) is 7.04. The predicted octanol–water partition coefficient (Wildman–Crippen LogP) is 4.64. The second kappa shape index (κ2) is 8.06. The smallest absolute Gasteiger partial charge is 0.315 e. The Morgan fingerprint density at radius 2 is 2.05 bits per heavy atom. The van der Waals surface area contributed by atoms with Gasteiger partial charge < -0.3 is 10.6 Å². The molecular formula is C14H18Cl3FN2O. The molecule has 1 rings (SSSR count). The van der Waals surface area contributed by atoms with E-state index in [-0.39, 0.29) is 0 Å². The van der Waals surface area contributed by atoms with Gasteiger partial charge in [-0.3, -0.25) is 0 Å². The molecule has 1 aromatic rings. The molecule has 0 saturated heterocycles. The molecule has 2 N–H and O–H groups in total. The molecule has 0 bridgehead atoms. The van der Waals surface area contributed by atoms with Crippen LogP contribution in [0.25, 0.3) is 0 Å². The van der Waals surface area contributed by atoms with Crippen LogP contribution in [0.15, 0.2) is 18.2 Å². The van der Waals surface area contributed by atoms with Crippen molar-refractivity contribution in [3.63, 3.8) is 0 Å². The lowest BCUT2D eigenvalue weighted by atomic mass is 10.1. The Hall–Kier alpha value is -0.710. The molecule has 21 heavy (non-hydrogen) atoms. The van der Waals surface area contributed by atoms with Gasteiger partial charge in [0.15, 0.2) is 0 Å². The largest absolute Gasteiger partial charge is 0.338 e. The summed E-state index contributed by atoms with van der Waals surface area (Å²) >= 11 is 17.7. The minimum absolute atomic E-state index is 0.392. The highest BCUT2D eigenvalue weighted by Gasteiger charge is 2.35. The van der Waals surface area contributed by atoms with Crippen molar-refractivity contribution in [1.82, 2.24) is 10.6 Å². The lowest BCUT2D eigenvalue weighted by molar-refractivity contribution is 0.237. The van der Waals surface area contributed by atoms with E-state index in [1.807, 2.05) is 6.92 Å². The first-order chi connectivity index (χ1) is 9.75. The minimum atomic E-state index is -1.79. The van der Waals surface area contributed by atoms with Crippen molar-refractivity contribution in [3.8, 4) is 0 Å². The molecular weight excluding hydrogens is 338 g/mol. The third kappa shape index (κ3) is 5.89. The average Bonchev–Trinajstić information content (AvgIpc) is 2.38. The monoisotopic (exact) mass is 354 g/mol. The van der Waals surface area contributed by atoms with Crippen molar-refractivity contribution < 1.29 is 9.18 Å². The fourth-order valence-electron chi connectivity index (χ4n) is 1.70. The Labute approximate surface area is 139 Å². The van der Waals surface area contributed by atoms with E-state index >= 15 is 0 Å². The first-order valence-electron chi connectivity index (χ1n) is 6.62. The summed E-state index contributed by atoms with van der Waals surface area (Å²) < 4.78 is 11.9. The van der Waals surface area contributed by atoms with Crippen LogP contribution in [0.4, 0.5) is 9.18 Å². The van der Waals surface area contributed by atoms with Crippen molar-refractivity contribution in [2.45, 2.75) is 36.5 Å². The first kappa shape index (κ1) is 18.3. The zero-order chi connectivity index (χ0) is 16.0. The number of hydrogen-bond acceptors (Lipinski definition) is 1. The molecule has 0 spiro atoms. The number of carbonyl (C=O) groups excluding carboxylic acids is 1. The van der Waals surface area contributed by atoms with E-state index in [1.165, 1.54) is 6.07 Å². The van der Waals surface area contributed by atoms with E-state index < -0.39 is 21.7 Å². The van der Waals surface area contributed by atoms with Gasteiger partial charge in [-0.25, -0.2) is 9.18 Å². The summed E-state index contributed by atoms with van der Waals surface area (Å²) in [4.78, 5) is 11.8. The summed E-state index contributed by atoms with van der Waals surface area (Å²) in [6, 6.07) is 3.05. The fourth-order valence-corrected chi connectivity index (χ4v) is 2.25. The summed E-state index contributed by atoms with van der Waals surface area (Å²) in [7, 11) is 0. The summed E-state index contributed by atoms with van der Waals surface area (Å²) in [6.45, 7) is 4.17. The molecule has 0 aromatic heterocycles. The van der Waals surface area contributed by atoms with E-state index in [9.17, 15) is 9.18 Å². The van der Waals surface area contributed by atoms with Gasteiger partial charge in [-0.2, -0.15) is 0 Å². The van der Waals surface area contributed by atoms with Crippen molar-refractivity contribution in [3.05, 3.63) is 35.1 Å². The van der Waals surface area contributed by atoms with Gasteiger partial charge in [0, 0.05) is 6.54 Å². The molecule has 7 heteroatoms. The molecule has 1 aromatic carbocycles. The second-order valence-corrected chi connectivity index (χ2v) is 7.11. The highest BCUT2D eigenvalue weighted by Crippen LogP contribution is 2.40. The maximum atomic E-state index is 13.7. The number of unbranched alkanes of at least 4 members (excludes halogenated alkanes) is 1. The van der Waals surface area contributed by atoms with Gasteiger partial charge in [-0.05, 0) is 30.5 Å². The Balaban J connectivity index is 2.86. The van der Waals surface area contributed by atoms with Gasteiger partial charge in [0.1, 0.15) is 11.9 Å². The topological polar surface area (TPSA) is 41.1 Å². The summed E-state index contributed by atoms with van der Waals surface area (Å²) in [5, 5.41) is 5.23. The van der Waals surface area contributed by atoms with E-state index in [4.69, 9.17) is 34.8 Å². The van der Waals surface area contributed by atoms with Crippen LogP contribution >= 0.6 is 34.8 Å². The molecule has 1 atom stereocenters. The number of aryl methyl sites for hydroxylation is 1. The van der Waals surface area contributed by atoms with Crippen LogP contribution in [0.5, 0.6) is 0 Å². The highest BCUT2D eigenvalue weighted by atomic mass is 35.6. The highest BCUT2D eigenvalue weighted by molar-refractivity contribution is 6.68. The molecule has 0 saturated carbocycles. The van der Waals surface area contributed by atoms with E-state index in [2.05, 4.69) is 10.6 Å². The van der Waals surface area contributed by atoms with Crippen LogP contribution in [0.1, 0.15) is 36.9 Å². The number of alkyl halides is 3. The predicted molar refractivity (Wildman–Crippen MR) is 85.6 cm³/mol. The second-order valence-electron chi connectivity index (χ2n) is 4.74. The van der Waals surface area contributed by atoms with Crippen LogP contribution in [0, 0.1) is 12.7 Å². The Bertz CT molecular complexity index is 492. The van der Waals surface area contributed by atoms with E-state index in [0.717, 1.165) is 12.8 Å². The van der Waals surface area contributed by atoms with Crippen molar-refractivity contribution in [2.24, 2.45) is 0 Å². The lowest BCUT2D eigenvalue weighted by Gasteiger charge is -2.26. The number of halogens is 4. The van der Waals surface area contributed by atoms with Crippen LogP contribution < -0.4 is 10.6 Å². The van der Waals surface area contributed by atoms with Gasteiger partial charge in [0.25, 0.3) is 0 Å². The standard InChI is InChI=1S/C14H18Cl3FN2O/c1-3-4-7-19-13(21)20-12(14(15,16)17)10-6-5-9(2)11(18)8-10/h5-6,8,12H,3-4,7H2,1-2H3,(H2,19,20,21)/t12-/m1/s1. The molecule has 0 fully saturated rings. The van der Waals surface area contributed by atoms with Crippen LogP contribution in [0.3, 0.4) is 0 Å². The van der Waals surface area contributed by atoms with Crippen LogP contribution in [0.2, 0.25) is 0 Å². The molecule has 0 heterocycles. The van der Waals surface area contributed by atoms with Gasteiger partial charge in [-0.15, -0.1) is 0 Å². The van der Waals surface area contributed by atoms with Gasteiger partial charge in [0.2, 0.25) is 3.79 Å². The SMILES string of the molecule is CCCCNC(=O)N[C@H](c1ccc(C)c(F)c1)C(Cl)(Cl)Cl. The zero-order valence-corrected chi connectivity index (χ0v) is 14.1. The molecule has 0 aliphatic rings. The van der Waals surface area contributed by atoms with Gasteiger partial charge in [-0.1, -0.05) is 60.3 Å². The van der Waals surface area contributed by atoms with Crippen molar-refractivity contribution in [2.75, 3.05) is 6.54 Å². The molecule has 118 valence electrons. The number of amides is 2. The third-order valence-electron chi connectivity index (χ3n) is 2.95. The molecule has 0 radical (unpaired) electrons. The molecule has 0 aliphatic carbocycles. The lowest BCUT2D eigenvalue weighted by Crippen LogP contribution is -2.42. The summed E-state index contributed by atoms with van der Waals surface area (Å²) in [5.74, 6) is -0.417. The van der Waals surface area contributed by atoms with Crippen molar-refractivity contribution >= 4 is 40.8 Å². The molecule has 2 amide bonds. The fraction of sp³-hybridized carbons (Fsp3) is 0.500. The number of urea groups is 1. The number of benzene rings is 1. The summed E-state index contributed by atoms with van der Waals surface area (Å²) in [5.41, 5.74) is 0.873. The first-order valence-corrected chi connectivity index (χ1v) is 7.76. The van der Waals surface area contributed by atoms with Crippen molar-refractivity contribution in [1.29, 1.82) is 0 Å². The normalized spacial score (nSPS) is 12.9. The Morgan fingerprint density at radius 1 is 1.38 bits per heavy atom. The Morgan fingerprint density at radius 3 is 2.57 bits per heavy atom. The maximum Gasteiger partial charge on any atom is 0.315 e. The quantitative estimate of drug-likeness (QED) is 0.586. The number of carbonyl (C=O) groups is 1. The molecule has 3 nitrogen and oxygen atoms in total. The van der Waals surface area contributed by atoms with Gasteiger partial charge >= 0.3 is 6.03 Å². The molecule has 0 aliphatic heterocycles. The van der Waals surface area contributed by atoms with Crippen LogP contribution in [-0.4, -0.2) is 16.4 Å². The number of rotatable bonds is 5.